The van der Waals surface area contributed by atoms with Crippen LogP contribution in [0.2, 0.25) is 0 Å². The number of nitrogens with zero attached hydrogens (tertiary/aromatic N) is 2. The Kier molecular flexibility index (Phi) is 3.79. The van der Waals surface area contributed by atoms with Crippen molar-refractivity contribution in [2.24, 2.45) is 0 Å². The number of carboxylic acid groups (broad SMARTS) is 1. The molecule has 0 aliphatic heterocycles. The molecule has 0 unspecified atom stereocenters. The van der Waals surface area contributed by atoms with Gasteiger partial charge in [0.2, 0.25) is 0 Å². The molecule has 0 radical (unpaired) electrons. The molecule has 8 heteroatoms. The number of aromatic carboxylic acids is 1. The third-order valence-electron chi connectivity index (χ3n) is 2.81. The fourth-order valence-electron chi connectivity index (χ4n) is 1.89. The molecule has 1 aromatic heterocycles. The molecule has 0 bridgehead atoms. The Morgan fingerprint density at radius 2 is 1.95 bits per heavy atom. The number of hydrogen-bond acceptors (Lipinski definition) is 6. The van der Waals surface area contributed by atoms with Crippen LogP contribution in [-0.2, 0) is 0 Å². The highest BCUT2D eigenvalue weighted by Gasteiger charge is 2.25. The van der Waals surface area contributed by atoms with Crippen LogP contribution < -0.4 is 15.2 Å². The number of carboxylic acids is 1. The van der Waals surface area contributed by atoms with Crippen molar-refractivity contribution in [2.75, 3.05) is 20.0 Å². The minimum Gasteiger partial charge on any atom is -0.493 e. The van der Waals surface area contributed by atoms with Crippen molar-refractivity contribution in [3.63, 3.8) is 0 Å². The van der Waals surface area contributed by atoms with Crippen molar-refractivity contribution in [3.05, 3.63) is 35.5 Å². The molecular formula is C13H13N3O5. The first-order valence-corrected chi connectivity index (χ1v) is 5.83. The van der Waals surface area contributed by atoms with E-state index in [4.69, 9.17) is 15.2 Å². The second-order valence-corrected chi connectivity index (χ2v) is 4.02. The maximum atomic E-state index is 12.3. The van der Waals surface area contributed by atoms with Gasteiger partial charge in [-0.3, -0.25) is 4.79 Å². The molecule has 0 saturated heterocycles. The summed E-state index contributed by atoms with van der Waals surface area (Å²) in [5.41, 5.74) is 5.07. The summed E-state index contributed by atoms with van der Waals surface area (Å²) in [6.45, 7) is 0. The molecule has 0 fully saturated rings. The monoisotopic (exact) mass is 291 g/mol. The van der Waals surface area contributed by atoms with Crippen molar-refractivity contribution in [1.82, 2.24) is 9.78 Å². The van der Waals surface area contributed by atoms with Gasteiger partial charge in [0.1, 0.15) is 11.4 Å². The summed E-state index contributed by atoms with van der Waals surface area (Å²) in [7, 11) is 2.67. The van der Waals surface area contributed by atoms with Crippen LogP contribution in [0.25, 0.3) is 0 Å². The number of ether oxygens (including phenoxy) is 2. The average Bonchev–Trinajstić information content (AvgIpc) is 2.91. The number of carbonyl (C=O) groups excluding carboxylic acids is 1. The quantitative estimate of drug-likeness (QED) is 0.858. The number of carbonyl (C=O) groups is 2. The van der Waals surface area contributed by atoms with Crippen LogP contribution >= 0.6 is 0 Å². The Morgan fingerprint density at radius 3 is 2.43 bits per heavy atom. The van der Waals surface area contributed by atoms with Crippen LogP contribution in [0, 0.1) is 0 Å². The van der Waals surface area contributed by atoms with Crippen LogP contribution in [0.4, 0.5) is 5.82 Å². The van der Waals surface area contributed by atoms with Crippen LogP contribution in [-0.4, -0.2) is 41.0 Å². The van der Waals surface area contributed by atoms with Gasteiger partial charge in [0, 0.05) is 12.3 Å². The van der Waals surface area contributed by atoms with E-state index < -0.39 is 11.9 Å². The molecule has 2 rings (SSSR count). The van der Waals surface area contributed by atoms with E-state index in [0.717, 1.165) is 4.68 Å². The van der Waals surface area contributed by atoms with Gasteiger partial charge in [-0.1, -0.05) is 0 Å². The van der Waals surface area contributed by atoms with Crippen LogP contribution in [0.1, 0.15) is 20.7 Å². The summed E-state index contributed by atoms with van der Waals surface area (Å²) >= 11 is 0. The third kappa shape index (κ3) is 2.50. The highest BCUT2D eigenvalue weighted by Crippen LogP contribution is 2.33. The number of nitrogen functional groups attached to an aromatic ring is 1. The van der Waals surface area contributed by atoms with E-state index in [9.17, 15) is 14.7 Å². The molecule has 1 heterocycles. The molecule has 110 valence electrons. The highest BCUT2D eigenvalue weighted by atomic mass is 16.5. The zero-order valence-corrected chi connectivity index (χ0v) is 11.4. The number of benzene rings is 1. The Bertz CT molecular complexity index is 708. The molecule has 0 amide bonds. The predicted molar refractivity (Wildman–Crippen MR) is 72.9 cm³/mol. The van der Waals surface area contributed by atoms with Gasteiger partial charge in [-0.25, -0.2) is 9.48 Å². The van der Waals surface area contributed by atoms with Gasteiger partial charge in [0.25, 0.3) is 5.91 Å². The van der Waals surface area contributed by atoms with Gasteiger partial charge < -0.3 is 20.3 Å². The van der Waals surface area contributed by atoms with E-state index in [0.29, 0.717) is 0 Å². The second kappa shape index (κ2) is 5.53. The lowest BCUT2D eigenvalue weighted by molar-refractivity contribution is 0.0686. The van der Waals surface area contributed by atoms with Crippen LogP contribution in [0.15, 0.2) is 24.4 Å². The average molecular weight is 291 g/mol. The van der Waals surface area contributed by atoms with E-state index in [1.165, 1.54) is 38.6 Å². The highest BCUT2D eigenvalue weighted by molar-refractivity contribution is 6.07. The van der Waals surface area contributed by atoms with Crippen molar-refractivity contribution >= 4 is 17.7 Å². The van der Waals surface area contributed by atoms with E-state index in [2.05, 4.69) is 5.10 Å². The lowest BCUT2D eigenvalue weighted by atomic mass is 10.0. The summed E-state index contributed by atoms with van der Waals surface area (Å²) < 4.78 is 11.0. The standard InChI is InChI=1S/C13H13N3O5/c1-20-8-4-3-7(10(13(18)19)11(8)21-2)12(17)16-6-5-9(14)15-16/h3-6H,1-2H3,(H2,14,15)(H,18,19). The number of methoxy groups -OCH3 is 2. The van der Waals surface area contributed by atoms with Crippen molar-refractivity contribution in [2.45, 2.75) is 0 Å². The number of nitrogens with two attached hydrogens (primary N) is 1. The van der Waals surface area contributed by atoms with E-state index in [-0.39, 0.29) is 28.4 Å². The molecule has 21 heavy (non-hydrogen) atoms. The molecule has 3 N–H and O–H groups in total. The first-order valence-electron chi connectivity index (χ1n) is 5.83. The summed E-state index contributed by atoms with van der Waals surface area (Å²) in [5.74, 6) is -1.61. The number of rotatable bonds is 4. The van der Waals surface area contributed by atoms with E-state index in [1.807, 2.05) is 0 Å². The normalized spacial score (nSPS) is 10.2. The molecule has 1 aromatic carbocycles. The second-order valence-electron chi connectivity index (χ2n) is 4.02. The molecule has 8 nitrogen and oxygen atoms in total. The Hall–Kier alpha value is -3.03. The Labute approximate surface area is 119 Å². The van der Waals surface area contributed by atoms with Crippen molar-refractivity contribution in [3.8, 4) is 11.5 Å². The fourth-order valence-corrected chi connectivity index (χ4v) is 1.89. The topological polar surface area (TPSA) is 117 Å². The maximum Gasteiger partial charge on any atom is 0.340 e. The summed E-state index contributed by atoms with van der Waals surface area (Å²) in [6, 6.07) is 4.22. The van der Waals surface area contributed by atoms with Gasteiger partial charge in [-0.05, 0) is 12.1 Å². The smallest absolute Gasteiger partial charge is 0.340 e. The summed E-state index contributed by atoms with van der Waals surface area (Å²) in [6.07, 6.45) is 1.35. The number of aromatic nitrogens is 2. The summed E-state index contributed by atoms with van der Waals surface area (Å²) in [5, 5.41) is 13.1. The molecule has 0 atom stereocenters. The van der Waals surface area contributed by atoms with Crippen LogP contribution in [0.5, 0.6) is 11.5 Å². The largest absolute Gasteiger partial charge is 0.493 e. The number of anilines is 1. The first-order chi connectivity index (χ1) is 9.99. The third-order valence-corrected chi connectivity index (χ3v) is 2.81. The van der Waals surface area contributed by atoms with Crippen molar-refractivity contribution < 1.29 is 24.2 Å². The van der Waals surface area contributed by atoms with Gasteiger partial charge >= 0.3 is 5.97 Å². The van der Waals surface area contributed by atoms with E-state index >= 15 is 0 Å². The molecule has 0 aliphatic carbocycles. The summed E-state index contributed by atoms with van der Waals surface area (Å²) in [4.78, 5) is 23.8. The van der Waals surface area contributed by atoms with Gasteiger partial charge in [-0.15, -0.1) is 5.10 Å². The Balaban J connectivity index is 2.63. The van der Waals surface area contributed by atoms with Gasteiger partial charge in [0.15, 0.2) is 11.5 Å². The predicted octanol–water partition coefficient (Wildman–Crippen LogP) is 0.869. The number of hydrogen-bond donors (Lipinski definition) is 2. The van der Waals surface area contributed by atoms with Crippen LogP contribution in [0.3, 0.4) is 0 Å². The van der Waals surface area contributed by atoms with Crippen molar-refractivity contribution in [1.29, 1.82) is 0 Å². The molecule has 2 aromatic rings. The zero-order chi connectivity index (χ0) is 15.6. The van der Waals surface area contributed by atoms with Gasteiger partial charge in [-0.2, -0.15) is 0 Å². The minimum absolute atomic E-state index is 0.0315. The lowest BCUT2D eigenvalue weighted by Gasteiger charge is -2.13. The lowest BCUT2D eigenvalue weighted by Crippen LogP contribution is -2.18. The zero-order valence-electron chi connectivity index (χ0n) is 11.4. The Morgan fingerprint density at radius 1 is 1.24 bits per heavy atom. The maximum absolute atomic E-state index is 12.3. The molecular weight excluding hydrogens is 278 g/mol. The fraction of sp³-hybridized carbons (Fsp3) is 0.154. The molecule has 0 aliphatic rings. The molecule has 0 spiro atoms. The van der Waals surface area contributed by atoms with Gasteiger partial charge in [0.05, 0.1) is 19.8 Å². The first kappa shape index (κ1) is 14.4. The minimum atomic E-state index is -1.31. The van der Waals surface area contributed by atoms with E-state index in [1.54, 1.807) is 0 Å². The molecule has 0 saturated carbocycles. The SMILES string of the molecule is COc1ccc(C(=O)n2ccc(N)n2)c(C(=O)O)c1OC.